The van der Waals surface area contributed by atoms with E-state index in [2.05, 4.69) is 10.0 Å². The average Bonchev–Trinajstić information content (AvgIpc) is 2.86. The van der Waals surface area contributed by atoms with E-state index in [0.29, 0.717) is 6.54 Å². The third kappa shape index (κ3) is 3.32. The zero-order chi connectivity index (χ0) is 15.4. The monoisotopic (exact) mass is 288 g/mol. The molecule has 2 rings (SSSR count). The molecule has 0 saturated heterocycles. The van der Waals surface area contributed by atoms with Gasteiger partial charge in [-0.3, -0.25) is 9.59 Å². The fourth-order valence-corrected chi connectivity index (χ4v) is 2.57. The number of carboxylic acid groups (broad SMARTS) is 1. The predicted molar refractivity (Wildman–Crippen MR) is 76.9 cm³/mol. The smallest absolute Gasteiger partial charge is 0.303 e. The Labute approximate surface area is 121 Å². The molecule has 110 valence electrons. The van der Waals surface area contributed by atoms with Crippen molar-refractivity contribution in [3.63, 3.8) is 0 Å². The third-order valence-electron chi connectivity index (χ3n) is 3.59. The van der Waals surface area contributed by atoms with Crippen LogP contribution in [-0.2, 0) is 16.0 Å². The van der Waals surface area contributed by atoms with Crippen LogP contribution in [0.15, 0.2) is 23.3 Å². The molecule has 1 aromatic rings. The second-order valence-corrected chi connectivity index (χ2v) is 4.96. The van der Waals surface area contributed by atoms with Crippen molar-refractivity contribution in [2.45, 2.75) is 32.2 Å². The number of carbonyl (C=O) groups excluding carboxylic acids is 1. The topological polar surface area (TPSA) is 106 Å². The van der Waals surface area contributed by atoms with Crippen LogP contribution in [0.2, 0.25) is 0 Å². The fourth-order valence-electron chi connectivity index (χ4n) is 2.57. The van der Waals surface area contributed by atoms with Gasteiger partial charge in [-0.15, -0.1) is 0 Å². The molecule has 0 aromatic heterocycles. The molecule has 0 bridgehead atoms. The fraction of sp³-hybridized carbons (Fsp3) is 0.429. The quantitative estimate of drug-likeness (QED) is 0.511. The summed E-state index contributed by atoms with van der Waals surface area (Å²) >= 11 is 0. The SMILES string of the molecule is CC(=O)N1CCc2cc(C(CCC(=O)O)N=[N+]=[N-])ccc21. The second kappa shape index (κ2) is 6.28. The maximum atomic E-state index is 11.5. The molecule has 0 saturated carbocycles. The lowest BCUT2D eigenvalue weighted by atomic mass is 9.99. The van der Waals surface area contributed by atoms with Gasteiger partial charge in [-0.1, -0.05) is 17.2 Å². The van der Waals surface area contributed by atoms with Crippen LogP contribution in [0.4, 0.5) is 5.69 Å². The predicted octanol–water partition coefficient (Wildman–Crippen LogP) is 2.81. The van der Waals surface area contributed by atoms with Crippen LogP contribution in [0.25, 0.3) is 10.4 Å². The van der Waals surface area contributed by atoms with Crippen molar-refractivity contribution >= 4 is 17.6 Å². The number of rotatable bonds is 5. The van der Waals surface area contributed by atoms with E-state index in [9.17, 15) is 9.59 Å². The van der Waals surface area contributed by atoms with Crippen LogP contribution < -0.4 is 4.90 Å². The van der Waals surface area contributed by atoms with E-state index in [0.717, 1.165) is 23.2 Å². The van der Waals surface area contributed by atoms with Gasteiger partial charge in [-0.25, -0.2) is 0 Å². The molecular weight excluding hydrogens is 272 g/mol. The number of azide groups is 1. The highest BCUT2D eigenvalue weighted by atomic mass is 16.4. The molecule has 7 heteroatoms. The summed E-state index contributed by atoms with van der Waals surface area (Å²) < 4.78 is 0. The Morgan fingerprint density at radius 3 is 2.90 bits per heavy atom. The summed E-state index contributed by atoms with van der Waals surface area (Å²) in [6.07, 6.45) is 0.958. The molecule has 0 spiro atoms. The summed E-state index contributed by atoms with van der Waals surface area (Å²) in [5.74, 6) is -0.920. The van der Waals surface area contributed by atoms with Crippen LogP contribution in [0, 0.1) is 0 Å². The molecule has 1 heterocycles. The number of benzene rings is 1. The summed E-state index contributed by atoms with van der Waals surface area (Å²) in [5, 5.41) is 12.4. The first kappa shape index (κ1) is 14.9. The number of anilines is 1. The minimum absolute atomic E-state index is 0.000951. The van der Waals surface area contributed by atoms with E-state index >= 15 is 0 Å². The Morgan fingerprint density at radius 1 is 1.52 bits per heavy atom. The highest BCUT2D eigenvalue weighted by Gasteiger charge is 2.23. The lowest BCUT2D eigenvalue weighted by molar-refractivity contribution is -0.137. The van der Waals surface area contributed by atoms with Crippen molar-refractivity contribution in [1.29, 1.82) is 0 Å². The molecule has 0 aliphatic carbocycles. The lowest BCUT2D eigenvalue weighted by Crippen LogP contribution is -2.25. The van der Waals surface area contributed by atoms with E-state index < -0.39 is 12.0 Å². The number of hydrogen-bond acceptors (Lipinski definition) is 3. The van der Waals surface area contributed by atoms with Gasteiger partial charge in [0, 0.05) is 30.5 Å². The lowest BCUT2D eigenvalue weighted by Gasteiger charge is -2.16. The van der Waals surface area contributed by atoms with Crippen LogP contribution in [0.3, 0.4) is 0 Å². The van der Waals surface area contributed by atoms with Crippen molar-refractivity contribution in [2.75, 3.05) is 11.4 Å². The molecule has 1 aliphatic rings. The van der Waals surface area contributed by atoms with Crippen molar-refractivity contribution in [1.82, 2.24) is 0 Å². The van der Waals surface area contributed by atoms with Crippen molar-refractivity contribution in [2.24, 2.45) is 5.11 Å². The molecule has 1 aliphatic heterocycles. The third-order valence-corrected chi connectivity index (χ3v) is 3.59. The molecule has 0 fully saturated rings. The minimum Gasteiger partial charge on any atom is -0.481 e. The number of carboxylic acids is 1. The van der Waals surface area contributed by atoms with Crippen LogP contribution in [0.5, 0.6) is 0 Å². The molecule has 21 heavy (non-hydrogen) atoms. The van der Waals surface area contributed by atoms with Crippen molar-refractivity contribution in [3.8, 4) is 0 Å². The summed E-state index contributed by atoms with van der Waals surface area (Å²) in [6.45, 7) is 2.17. The first-order valence-corrected chi connectivity index (χ1v) is 6.70. The van der Waals surface area contributed by atoms with Gasteiger partial charge in [0.1, 0.15) is 0 Å². The second-order valence-electron chi connectivity index (χ2n) is 4.96. The van der Waals surface area contributed by atoms with Crippen LogP contribution in [-0.4, -0.2) is 23.5 Å². The number of hydrogen-bond donors (Lipinski definition) is 1. The maximum absolute atomic E-state index is 11.5. The van der Waals surface area contributed by atoms with Gasteiger partial charge < -0.3 is 10.0 Å². The van der Waals surface area contributed by atoms with E-state index in [4.69, 9.17) is 10.6 Å². The highest BCUT2D eigenvalue weighted by Crippen LogP contribution is 2.32. The molecule has 7 nitrogen and oxygen atoms in total. The van der Waals surface area contributed by atoms with E-state index in [1.54, 1.807) is 11.0 Å². The van der Waals surface area contributed by atoms with Crippen LogP contribution >= 0.6 is 0 Å². The summed E-state index contributed by atoms with van der Waals surface area (Å²) in [6, 6.07) is 5.03. The highest BCUT2D eigenvalue weighted by molar-refractivity contribution is 5.93. The molecule has 1 N–H and O–H groups in total. The molecule has 1 amide bonds. The molecule has 1 atom stereocenters. The Hall–Kier alpha value is -2.53. The minimum atomic E-state index is -0.919. The van der Waals surface area contributed by atoms with Gasteiger partial charge in [0.05, 0.1) is 6.04 Å². The van der Waals surface area contributed by atoms with Gasteiger partial charge in [0.15, 0.2) is 0 Å². The Kier molecular flexibility index (Phi) is 4.45. The first-order valence-electron chi connectivity index (χ1n) is 6.70. The van der Waals surface area contributed by atoms with Crippen molar-refractivity contribution < 1.29 is 14.7 Å². The summed E-state index contributed by atoms with van der Waals surface area (Å²) in [4.78, 5) is 26.7. The Bertz CT molecular complexity index is 623. The zero-order valence-electron chi connectivity index (χ0n) is 11.7. The number of fused-ring (bicyclic) bond motifs is 1. The summed E-state index contributed by atoms with van der Waals surface area (Å²) in [5.41, 5.74) is 11.3. The van der Waals surface area contributed by atoms with E-state index in [1.165, 1.54) is 6.92 Å². The Balaban J connectivity index is 2.25. The van der Waals surface area contributed by atoms with Gasteiger partial charge in [-0.05, 0) is 35.6 Å². The van der Waals surface area contributed by atoms with Gasteiger partial charge in [-0.2, -0.15) is 0 Å². The number of nitrogens with zero attached hydrogens (tertiary/aromatic N) is 4. The number of aliphatic carboxylic acids is 1. The number of carbonyl (C=O) groups is 2. The average molecular weight is 288 g/mol. The molecular formula is C14H16N4O3. The first-order chi connectivity index (χ1) is 10.0. The standard InChI is InChI=1S/C14H16N4O3/c1-9(19)18-7-6-11-8-10(2-4-13(11)18)12(16-17-15)3-5-14(20)21/h2,4,8,12H,3,5-7H2,1H3,(H,20,21). The van der Waals surface area contributed by atoms with Crippen molar-refractivity contribution in [3.05, 3.63) is 39.8 Å². The Morgan fingerprint density at radius 2 is 2.29 bits per heavy atom. The molecule has 0 radical (unpaired) electrons. The normalized spacial score (nSPS) is 14.2. The van der Waals surface area contributed by atoms with E-state index in [1.807, 2.05) is 12.1 Å². The van der Waals surface area contributed by atoms with Crippen LogP contribution in [0.1, 0.15) is 36.9 Å². The zero-order valence-corrected chi connectivity index (χ0v) is 11.7. The largest absolute Gasteiger partial charge is 0.481 e. The van der Waals surface area contributed by atoms with E-state index in [-0.39, 0.29) is 18.7 Å². The van der Waals surface area contributed by atoms with Gasteiger partial charge in [0.2, 0.25) is 5.91 Å². The van der Waals surface area contributed by atoms with Gasteiger partial charge in [0.25, 0.3) is 0 Å². The maximum Gasteiger partial charge on any atom is 0.303 e. The summed E-state index contributed by atoms with van der Waals surface area (Å²) in [7, 11) is 0. The molecule has 1 unspecified atom stereocenters. The number of amides is 1. The van der Waals surface area contributed by atoms with Gasteiger partial charge >= 0.3 is 5.97 Å². The molecule has 1 aromatic carbocycles.